The molecule has 100 valence electrons. The number of ether oxygens (including phenoxy) is 2. The molecule has 0 spiro atoms. The van der Waals surface area contributed by atoms with Crippen molar-refractivity contribution in [2.45, 2.75) is 6.54 Å². The van der Waals surface area contributed by atoms with Crippen LogP contribution in [-0.4, -0.2) is 26.3 Å². The maximum absolute atomic E-state index is 5.41. The van der Waals surface area contributed by atoms with Gasteiger partial charge < -0.3 is 14.4 Å². The number of hydrogen-bond acceptors (Lipinski definition) is 4. The lowest BCUT2D eigenvalue weighted by Gasteiger charge is -2.20. The van der Waals surface area contributed by atoms with Gasteiger partial charge in [-0.05, 0) is 24.3 Å². The van der Waals surface area contributed by atoms with Crippen molar-refractivity contribution in [3.05, 3.63) is 48.3 Å². The fourth-order valence-electron chi connectivity index (χ4n) is 1.93. The third-order valence-corrected chi connectivity index (χ3v) is 3.01. The number of anilines is 1. The van der Waals surface area contributed by atoms with E-state index in [0.717, 1.165) is 29.3 Å². The zero-order valence-corrected chi connectivity index (χ0v) is 11.5. The molecule has 0 aliphatic carbocycles. The van der Waals surface area contributed by atoms with Crippen LogP contribution in [0.5, 0.6) is 11.5 Å². The Morgan fingerprint density at radius 3 is 2.42 bits per heavy atom. The van der Waals surface area contributed by atoms with Crippen molar-refractivity contribution in [1.82, 2.24) is 4.98 Å². The van der Waals surface area contributed by atoms with E-state index in [0.29, 0.717) is 0 Å². The van der Waals surface area contributed by atoms with E-state index in [4.69, 9.17) is 9.47 Å². The van der Waals surface area contributed by atoms with Crippen molar-refractivity contribution < 1.29 is 9.47 Å². The Morgan fingerprint density at radius 1 is 1.05 bits per heavy atom. The largest absolute Gasteiger partial charge is 0.497 e. The molecule has 2 aromatic rings. The third-order valence-electron chi connectivity index (χ3n) is 3.01. The standard InChI is InChI=1S/C15H18N2O2/c1-17(13-6-8-16-9-7-13)11-12-4-5-14(18-2)10-15(12)19-3/h4-10H,11H2,1-3H3. The van der Waals surface area contributed by atoms with Crippen molar-refractivity contribution in [3.63, 3.8) is 0 Å². The average Bonchev–Trinajstić information content (AvgIpc) is 2.48. The van der Waals surface area contributed by atoms with E-state index in [-0.39, 0.29) is 0 Å². The first-order valence-electron chi connectivity index (χ1n) is 6.06. The Labute approximate surface area is 113 Å². The van der Waals surface area contributed by atoms with Crippen LogP contribution in [0.1, 0.15) is 5.56 Å². The van der Waals surface area contributed by atoms with Crippen LogP contribution in [0.4, 0.5) is 5.69 Å². The Balaban J connectivity index is 2.19. The smallest absolute Gasteiger partial charge is 0.127 e. The van der Waals surface area contributed by atoms with Crippen molar-refractivity contribution >= 4 is 5.69 Å². The quantitative estimate of drug-likeness (QED) is 0.826. The molecule has 0 aliphatic heterocycles. The molecule has 0 atom stereocenters. The molecule has 0 N–H and O–H groups in total. The predicted octanol–water partition coefficient (Wildman–Crippen LogP) is 2.74. The highest BCUT2D eigenvalue weighted by molar-refractivity contribution is 5.47. The van der Waals surface area contributed by atoms with Gasteiger partial charge >= 0.3 is 0 Å². The van der Waals surface area contributed by atoms with Gasteiger partial charge in [0.15, 0.2) is 0 Å². The van der Waals surface area contributed by atoms with Crippen molar-refractivity contribution in [1.29, 1.82) is 0 Å². The van der Waals surface area contributed by atoms with Crippen molar-refractivity contribution in [2.24, 2.45) is 0 Å². The number of benzene rings is 1. The van der Waals surface area contributed by atoms with E-state index in [1.54, 1.807) is 26.6 Å². The summed E-state index contributed by atoms with van der Waals surface area (Å²) in [4.78, 5) is 6.17. The lowest BCUT2D eigenvalue weighted by Crippen LogP contribution is -2.16. The van der Waals surface area contributed by atoms with E-state index in [1.807, 2.05) is 37.4 Å². The van der Waals surface area contributed by atoms with Gasteiger partial charge in [0.05, 0.1) is 14.2 Å². The predicted molar refractivity (Wildman–Crippen MR) is 75.9 cm³/mol. The molecule has 1 aromatic heterocycles. The second-order valence-electron chi connectivity index (χ2n) is 4.24. The summed E-state index contributed by atoms with van der Waals surface area (Å²) in [7, 11) is 5.36. The fraction of sp³-hybridized carbons (Fsp3) is 0.267. The summed E-state index contributed by atoms with van der Waals surface area (Å²) in [6, 6.07) is 9.83. The van der Waals surface area contributed by atoms with Crippen LogP contribution < -0.4 is 14.4 Å². The molecule has 4 nitrogen and oxygen atoms in total. The highest BCUT2D eigenvalue weighted by atomic mass is 16.5. The van der Waals surface area contributed by atoms with Gasteiger partial charge in [0, 0.05) is 43.3 Å². The molecule has 0 radical (unpaired) electrons. The molecule has 4 heteroatoms. The van der Waals surface area contributed by atoms with Crippen molar-refractivity contribution in [3.8, 4) is 11.5 Å². The van der Waals surface area contributed by atoms with Gasteiger partial charge in [-0.1, -0.05) is 0 Å². The van der Waals surface area contributed by atoms with Gasteiger partial charge in [-0.3, -0.25) is 4.98 Å². The maximum atomic E-state index is 5.41. The molecular weight excluding hydrogens is 240 g/mol. The molecule has 0 bridgehead atoms. The minimum Gasteiger partial charge on any atom is -0.497 e. The fourth-order valence-corrected chi connectivity index (χ4v) is 1.93. The molecule has 1 aromatic carbocycles. The minimum atomic E-state index is 0.761. The molecule has 0 fully saturated rings. The molecule has 1 heterocycles. The second kappa shape index (κ2) is 6.09. The summed E-state index contributed by atoms with van der Waals surface area (Å²) in [5, 5.41) is 0. The average molecular weight is 258 g/mol. The zero-order valence-electron chi connectivity index (χ0n) is 11.5. The molecule has 0 unspecified atom stereocenters. The summed E-state index contributed by atoms with van der Waals surface area (Å²) in [6.07, 6.45) is 3.58. The number of hydrogen-bond donors (Lipinski definition) is 0. The van der Waals surface area contributed by atoms with Gasteiger partial charge in [-0.2, -0.15) is 0 Å². The third kappa shape index (κ3) is 3.16. The number of aromatic nitrogens is 1. The molecular formula is C15H18N2O2. The van der Waals surface area contributed by atoms with E-state index >= 15 is 0 Å². The summed E-state index contributed by atoms with van der Waals surface area (Å²) >= 11 is 0. The number of rotatable bonds is 5. The van der Waals surface area contributed by atoms with Crippen LogP contribution in [0.15, 0.2) is 42.7 Å². The first kappa shape index (κ1) is 13.2. The van der Waals surface area contributed by atoms with E-state index in [1.165, 1.54) is 0 Å². The van der Waals surface area contributed by atoms with E-state index < -0.39 is 0 Å². The summed E-state index contributed by atoms with van der Waals surface area (Å²) in [5.74, 6) is 1.63. The van der Waals surface area contributed by atoms with Gasteiger partial charge in [0.25, 0.3) is 0 Å². The second-order valence-corrected chi connectivity index (χ2v) is 4.24. The van der Waals surface area contributed by atoms with Crippen LogP contribution in [0, 0.1) is 0 Å². The minimum absolute atomic E-state index is 0.761. The molecule has 0 saturated heterocycles. The van der Waals surface area contributed by atoms with Gasteiger partial charge in [-0.15, -0.1) is 0 Å². The molecule has 0 saturated carbocycles. The Kier molecular flexibility index (Phi) is 4.23. The normalized spacial score (nSPS) is 10.1. The summed E-state index contributed by atoms with van der Waals surface area (Å²) in [5.41, 5.74) is 2.23. The summed E-state index contributed by atoms with van der Waals surface area (Å²) in [6.45, 7) is 0.761. The Morgan fingerprint density at radius 2 is 1.79 bits per heavy atom. The first-order chi connectivity index (χ1) is 9.24. The van der Waals surface area contributed by atoms with Crippen molar-refractivity contribution in [2.75, 3.05) is 26.2 Å². The Bertz CT molecular complexity index is 529. The maximum Gasteiger partial charge on any atom is 0.127 e. The number of nitrogens with zero attached hydrogens (tertiary/aromatic N) is 2. The van der Waals surface area contributed by atoms with Gasteiger partial charge in [0.2, 0.25) is 0 Å². The number of pyridine rings is 1. The van der Waals surface area contributed by atoms with Gasteiger partial charge in [-0.25, -0.2) is 0 Å². The van der Waals surface area contributed by atoms with Crippen LogP contribution >= 0.6 is 0 Å². The highest BCUT2D eigenvalue weighted by Crippen LogP contribution is 2.26. The molecule has 0 aliphatic rings. The molecule has 19 heavy (non-hydrogen) atoms. The van der Waals surface area contributed by atoms with E-state index in [9.17, 15) is 0 Å². The molecule has 0 amide bonds. The lowest BCUT2D eigenvalue weighted by atomic mass is 10.1. The first-order valence-corrected chi connectivity index (χ1v) is 6.06. The monoisotopic (exact) mass is 258 g/mol. The van der Waals surface area contributed by atoms with Gasteiger partial charge in [0.1, 0.15) is 11.5 Å². The van der Waals surface area contributed by atoms with Crippen LogP contribution in [-0.2, 0) is 6.54 Å². The SMILES string of the molecule is COc1ccc(CN(C)c2ccncc2)c(OC)c1. The van der Waals surface area contributed by atoms with E-state index in [2.05, 4.69) is 9.88 Å². The van der Waals surface area contributed by atoms with Crippen LogP contribution in [0.25, 0.3) is 0 Å². The molecule has 2 rings (SSSR count). The zero-order chi connectivity index (χ0) is 13.7. The Hall–Kier alpha value is -2.23. The lowest BCUT2D eigenvalue weighted by molar-refractivity contribution is 0.391. The number of methoxy groups -OCH3 is 2. The van der Waals surface area contributed by atoms with Crippen LogP contribution in [0.3, 0.4) is 0 Å². The highest BCUT2D eigenvalue weighted by Gasteiger charge is 2.08. The summed E-state index contributed by atoms with van der Waals surface area (Å²) < 4.78 is 10.6. The topological polar surface area (TPSA) is 34.6 Å². The van der Waals surface area contributed by atoms with Crippen LogP contribution in [0.2, 0.25) is 0 Å².